The first kappa shape index (κ1) is 19.5. The molecule has 0 heterocycles. The molecule has 0 nitrogen and oxygen atoms in total. The molecule has 0 saturated heterocycles. The van der Waals surface area contributed by atoms with Crippen molar-refractivity contribution in [1.29, 1.82) is 0 Å². The van der Waals surface area contributed by atoms with Crippen molar-refractivity contribution in [3.63, 3.8) is 0 Å². The van der Waals surface area contributed by atoms with E-state index >= 15 is 0 Å². The maximum atomic E-state index is 2.44. The van der Waals surface area contributed by atoms with E-state index < -0.39 is 0 Å². The van der Waals surface area contributed by atoms with Crippen LogP contribution in [0.25, 0.3) is 0 Å². The molecule has 0 bridgehead atoms. The van der Waals surface area contributed by atoms with Crippen LogP contribution < -0.4 is 0 Å². The zero-order valence-corrected chi connectivity index (χ0v) is 17.7. The van der Waals surface area contributed by atoms with E-state index in [2.05, 4.69) is 38.1 Å². The minimum absolute atomic E-state index is 0.807. The summed E-state index contributed by atoms with van der Waals surface area (Å²) in [5.74, 6) is 8.17. The lowest BCUT2D eigenvalue weighted by Crippen LogP contribution is -2.23. The third-order valence-corrected chi connectivity index (χ3v) is 7.93. The van der Waals surface area contributed by atoms with Crippen LogP contribution in [0, 0.1) is 29.6 Å². The Morgan fingerprint density at radius 1 is 0.704 bits per heavy atom. The van der Waals surface area contributed by atoms with Gasteiger partial charge in [0.2, 0.25) is 0 Å². The van der Waals surface area contributed by atoms with Crippen LogP contribution in [0.1, 0.15) is 108 Å². The SMILES string of the molecule is C[C]1CCC(c2ccc(C[C]3CCC([C]4CCC(C)CC4)CC3)cc2)CC1. The smallest absolute Gasteiger partial charge is 0.0162 e. The van der Waals surface area contributed by atoms with Crippen LogP contribution in [0.15, 0.2) is 24.3 Å². The average molecular weight is 364 g/mol. The van der Waals surface area contributed by atoms with E-state index in [-0.39, 0.29) is 0 Å². The molecule has 0 aromatic heterocycles. The van der Waals surface area contributed by atoms with Gasteiger partial charge in [-0.05, 0) is 117 Å². The molecule has 0 aliphatic heterocycles. The van der Waals surface area contributed by atoms with Crippen LogP contribution in [0.4, 0.5) is 0 Å². The fourth-order valence-electron chi connectivity index (χ4n) is 5.79. The van der Waals surface area contributed by atoms with E-state index in [1.54, 1.807) is 17.0 Å². The molecule has 3 saturated carbocycles. The van der Waals surface area contributed by atoms with E-state index in [0.29, 0.717) is 0 Å². The van der Waals surface area contributed by atoms with Gasteiger partial charge >= 0.3 is 0 Å². The van der Waals surface area contributed by atoms with Gasteiger partial charge in [0, 0.05) is 0 Å². The molecule has 3 radical (unpaired) electrons. The number of benzene rings is 1. The van der Waals surface area contributed by atoms with Crippen molar-refractivity contribution < 1.29 is 0 Å². The molecule has 1 aromatic rings. The van der Waals surface area contributed by atoms with Gasteiger partial charge in [0.25, 0.3) is 0 Å². The highest BCUT2D eigenvalue weighted by Gasteiger charge is 2.30. The van der Waals surface area contributed by atoms with Crippen molar-refractivity contribution in [2.45, 2.75) is 103 Å². The first-order valence-electron chi connectivity index (χ1n) is 11.8. The predicted molar refractivity (Wildman–Crippen MR) is 116 cm³/mol. The Morgan fingerprint density at radius 3 is 1.93 bits per heavy atom. The second-order valence-corrected chi connectivity index (χ2v) is 10.0. The topological polar surface area (TPSA) is 0 Å². The van der Waals surface area contributed by atoms with Gasteiger partial charge in [-0.1, -0.05) is 51.0 Å². The third-order valence-electron chi connectivity index (χ3n) is 7.93. The van der Waals surface area contributed by atoms with Gasteiger partial charge in [0.1, 0.15) is 0 Å². The first-order chi connectivity index (χ1) is 13.2. The number of rotatable bonds is 4. The second-order valence-electron chi connectivity index (χ2n) is 10.0. The summed E-state index contributed by atoms with van der Waals surface area (Å²) >= 11 is 0. The molecule has 3 aliphatic carbocycles. The highest BCUT2D eigenvalue weighted by Crippen LogP contribution is 2.44. The average Bonchev–Trinajstić information content (AvgIpc) is 2.71. The Bertz CT molecular complexity index is 546. The zero-order valence-electron chi connectivity index (χ0n) is 17.7. The Balaban J connectivity index is 1.23. The van der Waals surface area contributed by atoms with E-state index in [1.807, 2.05) is 11.8 Å². The summed E-state index contributed by atoms with van der Waals surface area (Å²) in [5, 5.41) is 0. The van der Waals surface area contributed by atoms with Gasteiger partial charge in [-0.25, -0.2) is 0 Å². The minimum Gasteiger partial charge on any atom is -0.0625 e. The number of hydrogen-bond acceptors (Lipinski definition) is 0. The van der Waals surface area contributed by atoms with Crippen LogP contribution in [0.2, 0.25) is 0 Å². The lowest BCUT2D eigenvalue weighted by molar-refractivity contribution is 0.302. The Kier molecular flexibility index (Phi) is 6.62. The molecule has 3 aliphatic rings. The van der Waals surface area contributed by atoms with Gasteiger partial charge < -0.3 is 0 Å². The summed E-state index contributed by atoms with van der Waals surface area (Å²) in [7, 11) is 0. The predicted octanol–water partition coefficient (Wildman–Crippen LogP) is 8.03. The van der Waals surface area contributed by atoms with E-state index in [1.165, 1.54) is 83.5 Å². The van der Waals surface area contributed by atoms with Crippen molar-refractivity contribution >= 4 is 0 Å². The van der Waals surface area contributed by atoms with Gasteiger partial charge in [0.15, 0.2) is 0 Å². The van der Waals surface area contributed by atoms with Crippen molar-refractivity contribution in [2.24, 2.45) is 11.8 Å². The zero-order chi connectivity index (χ0) is 18.6. The van der Waals surface area contributed by atoms with Crippen molar-refractivity contribution in [3.05, 3.63) is 53.1 Å². The first-order valence-corrected chi connectivity index (χ1v) is 11.8. The van der Waals surface area contributed by atoms with Gasteiger partial charge in [0.05, 0.1) is 0 Å². The summed E-state index contributed by atoms with van der Waals surface area (Å²) in [6.07, 6.45) is 18.0. The quantitative estimate of drug-likeness (QED) is 0.508. The summed E-state index contributed by atoms with van der Waals surface area (Å²) in [6.45, 7) is 4.77. The van der Waals surface area contributed by atoms with Crippen molar-refractivity contribution in [1.82, 2.24) is 0 Å². The highest BCUT2D eigenvalue weighted by molar-refractivity contribution is 5.28. The summed E-state index contributed by atoms with van der Waals surface area (Å²) < 4.78 is 0. The molecule has 0 amide bonds. The fraction of sp³-hybridized carbons (Fsp3) is 0.667. The van der Waals surface area contributed by atoms with Crippen LogP contribution in [0.3, 0.4) is 0 Å². The molecule has 4 rings (SSSR count). The Morgan fingerprint density at radius 2 is 1.30 bits per heavy atom. The standard InChI is InChI=1S/C27H39/c1-20-3-11-24(12-4-20)26-15-7-22(8-16-26)19-23-9-17-27(18-10-23)25-13-5-21(2)6-14-25/h7-8,15-16,21,24,27H,3-6,9-14,17-19H2,1-2H3. The minimum atomic E-state index is 0.807. The van der Waals surface area contributed by atoms with Crippen LogP contribution in [0.5, 0.6) is 0 Å². The van der Waals surface area contributed by atoms with E-state index in [9.17, 15) is 0 Å². The molecule has 0 unspecified atom stereocenters. The van der Waals surface area contributed by atoms with Crippen molar-refractivity contribution in [3.8, 4) is 0 Å². The summed E-state index contributed by atoms with van der Waals surface area (Å²) in [6, 6.07) is 9.73. The Hall–Kier alpha value is -0.780. The van der Waals surface area contributed by atoms with Crippen LogP contribution in [-0.4, -0.2) is 0 Å². The van der Waals surface area contributed by atoms with Crippen LogP contribution in [-0.2, 0) is 6.42 Å². The molecule has 27 heavy (non-hydrogen) atoms. The lowest BCUT2D eigenvalue weighted by Gasteiger charge is -2.36. The van der Waals surface area contributed by atoms with E-state index in [0.717, 1.165) is 17.8 Å². The molecular weight excluding hydrogens is 324 g/mol. The molecule has 0 spiro atoms. The van der Waals surface area contributed by atoms with Gasteiger partial charge in [-0.2, -0.15) is 0 Å². The molecular formula is C27H39. The molecule has 0 heteroatoms. The second kappa shape index (κ2) is 9.15. The molecule has 147 valence electrons. The highest BCUT2D eigenvalue weighted by atomic mass is 14.4. The van der Waals surface area contributed by atoms with Gasteiger partial charge in [-0.3, -0.25) is 0 Å². The molecule has 1 aromatic carbocycles. The third kappa shape index (κ3) is 5.18. The lowest BCUT2D eigenvalue weighted by atomic mass is 9.69. The monoisotopic (exact) mass is 363 g/mol. The largest absolute Gasteiger partial charge is 0.0625 e. The van der Waals surface area contributed by atoms with Gasteiger partial charge in [-0.15, -0.1) is 0 Å². The maximum Gasteiger partial charge on any atom is -0.0162 e. The maximum absolute atomic E-state index is 2.44. The molecule has 3 fully saturated rings. The molecule has 0 atom stereocenters. The fourth-order valence-corrected chi connectivity index (χ4v) is 5.79. The number of hydrogen-bond donors (Lipinski definition) is 0. The molecule has 0 N–H and O–H groups in total. The normalized spacial score (nSPS) is 25.9. The van der Waals surface area contributed by atoms with E-state index in [4.69, 9.17) is 0 Å². The Labute approximate surface area is 168 Å². The van der Waals surface area contributed by atoms with Crippen LogP contribution >= 0.6 is 0 Å². The van der Waals surface area contributed by atoms with Crippen molar-refractivity contribution in [2.75, 3.05) is 0 Å². The summed E-state index contributed by atoms with van der Waals surface area (Å²) in [5.41, 5.74) is 3.13. The summed E-state index contributed by atoms with van der Waals surface area (Å²) in [4.78, 5) is 0.